The van der Waals surface area contributed by atoms with Crippen LogP contribution in [0.3, 0.4) is 0 Å². The van der Waals surface area contributed by atoms with Gasteiger partial charge in [-0.3, -0.25) is 9.59 Å². The Hall–Kier alpha value is -2.45. The molecule has 6 nitrogen and oxygen atoms in total. The van der Waals surface area contributed by atoms with Crippen molar-refractivity contribution in [2.45, 2.75) is 51.8 Å². The number of carbonyl (C=O) groups excluding carboxylic acids is 2. The number of benzene rings is 1. The second kappa shape index (κ2) is 8.70. The predicted octanol–water partition coefficient (Wildman–Crippen LogP) is 4.05. The van der Waals surface area contributed by atoms with Crippen LogP contribution in [0.25, 0.3) is 0 Å². The molecule has 0 aromatic heterocycles. The summed E-state index contributed by atoms with van der Waals surface area (Å²) in [5.74, 6) is -2.49. The molecule has 1 aromatic carbocycles. The molecule has 1 heterocycles. The van der Waals surface area contributed by atoms with Crippen LogP contribution >= 0.6 is 0 Å². The van der Waals surface area contributed by atoms with Gasteiger partial charge in [-0.2, -0.15) is 13.2 Å². The topological polar surface area (TPSA) is 71.1 Å². The zero-order chi connectivity index (χ0) is 20.9. The van der Waals surface area contributed by atoms with Gasteiger partial charge < -0.3 is 18.9 Å². The third kappa shape index (κ3) is 6.61. The van der Waals surface area contributed by atoms with E-state index in [1.807, 2.05) is 0 Å². The van der Waals surface area contributed by atoms with Crippen LogP contribution in [0.15, 0.2) is 18.2 Å². The molecule has 0 aliphatic carbocycles. The molecule has 156 valence electrons. The number of carbonyl (C=O) groups is 2. The smallest absolute Gasteiger partial charge is 0.450 e. The van der Waals surface area contributed by atoms with E-state index in [2.05, 4.69) is 0 Å². The van der Waals surface area contributed by atoms with Crippen LogP contribution in [-0.4, -0.2) is 36.9 Å². The van der Waals surface area contributed by atoms with E-state index in [1.165, 1.54) is 0 Å². The second-order valence-electron chi connectivity index (χ2n) is 7.34. The third-order valence-electron chi connectivity index (χ3n) is 3.85. The van der Waals surface area contributed by atoms with Crippen LogP contribution in [0.1, 0.15) is 40.0 Å². The first kappa shape index (κ1) is 21.8. The Morgan fingerprint density at radius 2 is 1.79 bits per heavy atom. The van der Waals surface area contributed by atoms with Gasteiger partial charge >= 0.3 is 12.1 Å². The molecule has 0 N–H and O–H groups in total. The number of hydrogen-bond donors (Lipinski definition) is 0. The summed E-state index contributed by atoms with van der Waals surface area (Å²) in [6.07, 6.45) is -5.71. The van der Waals surface area contributed by atoms with E-state index in [1.54, 1.807) is 39.0 Å². The van der Waals surface area contributed by atoms with Gasteiger partial charge in [-0.25, -0.2) is 0 Å². The van der Waals surface area contributed by atoms with E-state index < -0.39 is 29.4 Å². The van der Waals surface area contributed by atoms with Gasteiger partial charge in [-0.05, 0) is 45.7 Å². The van der Waals surface area contributed by atoms with Crippen LogP contribution in [0.2, 0.25) is 0 Å². The lowest BCUT2D eigenvalue weighted by atomic mass is 9.94. The fraction of sp³-hybridized carbons (Fsp3) is 0.579. The molecule has 0 fully saturated rings. The van der Waals surface area contributed by atoms with Crippen molar-refractivity contribution in [2.24, 2.45) is 5.92 Å². The molecule has 0 bridgehead atoms. The maximum absolute atomic E-state index is 12.9. The molecule has 0 amide bonds. The number of ether oxygens (including phenoxy) is 4. The van der Waals surface area contributed by atoms with Crippen molar-refractivity contribution in [2.75, 3.05) is 13.4 Å². The second-order valence-corrected chi connectivity index (χ2v) is 7.34. The van der Waals surface area contributed by atoms with Crippen LogP contribution in [0.4, 0.5) is 13.2 Å². The van der Waals surface area contributed by atoms with Gasteiger partial charge in [0.05, 0.1) is 6.61 Å². The van der Waals surface area contributed by atoms with Crippen molar-refractivity contribution in [3.8, 4) is 17.2 Å². The molecule has 2 rings (SSSR count). The van der Waals surface area contributed by atoms with Gasteiger partial charge in [0.15, 0.2) is 11.5 Å². The number of alkyl halides is 3. The van der Waals surface area contributed by atoms with E-state index in [4.69, 9.17) is 18.9 Å². The van der Waals surface area contributed by atoms with Crippen molar-refractivity contribution in [1.29, 1.82) is 0 Å². The molecule has 0 saturated heterocycles. The normalized spacial score (nSPS) is 14.5. The molecule has 28 heavy (non-hydrogen) atoms. The number of Topliss-reactive ketones (excluding diaryl/α,β-unsaturated/α-hetero) is 1. The lowest BCUT2D eigenvalue weighted by Gasteiger charge is -2.21. The Morgan fingerprint density at radius 1 is 1.11 bits per heavy atom. The highest BCUT2D eigenvalue weighted by molar-refractivity contribution is 5.86. The molecule has 1 aliphatic heterocycles. The molecule has 1 atom stereocenters. The molecule has 0 saturated carbocycles. The molecule has 0 radical (unpaired) electrons. The number of halogens is 3. The van der Waals surface area contributed by atoms with Crippen LogP contribution in [0, 0.1) is 5.92 Å². The van der Waals surface area contributed by atoms with Crippen molar-refractivity contribution in [3.05, 3.63) is 18.2 Å². The van der Waals surface area contributed by atoms with Crippen molar-refractivity contribution in [3.63, 3.8) is 0 Å². The average Bonchev–Trinajstić information content (AvgIpc) is 3.02. The Labute approximate surface area is 160 Å². The first-order chi connectivity index (χ1) is 13.0. The highest BCUT2D eigenvalue weighted by Gasteiger charge is 2.43. The Bertz CT molecular complexity index is 709. The molecular weight excluding hydrogens is 381 g/mol. The van der Waals surface area contributed by atoms with Gasteiger partial charge in [0, 0.05) is 18.4 Å². The van der Waals surface area contributed by atoms with E-state index >= 15 is 0 Å². The van der Waals surface area contributed by atoms with Crippen LogP contribution in [-0.2, 0) is 14.3 Å². The first-order valence-electron chi connectivity index (χ1n) is 8.81. The fourth-order valence-electron chi connectivity index (χ4n) is 2.61. The average molecular weight is 404 g/mol. The monoisotopic (exact) mass is 404 g/mol. The first-order valence-corrected chi connectivity index (χ1v) is 8.81. The van der Waals surface area contributed by atoms with Gasteiger partial charge in [0.25, 0.3) is 0 Å². The molecule has 9 heteroatoms. The standard InChI is InChI=1S/C19H23F3O6/c1-18(2,3)28-16(23)7-4-12(17(24)19(20,21)22)8-9-25-13-5-6-14-15(10-13)27-11-26-14/h5-6,10,12H,4,7-9,11H2,1-3H3. The Balaban J connectivity index is 1.92. The molecule has 1 aromatic rings. The summed E-state index contributed by atoms with van der Waals surface area (Å²) in [5.41, 5.74) is -0.747. The minimum Gasteiger partial charge on any atom is -0.493 e. The number of ketones is 1. The SMILES string of the molecule is CC(C)(C)OC(=O)CCC(CCOc1ccc2c(c1)OCO2)C(=O)C(F)(F)F. The summed E-state index contributed by atoms with van der Waals surface area (Å²) < 4.78 is 59.5. The lowest BCUT2D eigenvalue weighted by molar-refractivity contribution is -0.176. The number of rotatable bonds is 8. The van der Waals surface area contributed by atoms with E-state index in [0.29, 0.717) is 17.2 Å². The highest BCUT2D eigenvalue weighted by atomic mass is 19.4. The molecule has 1 aliphatic rings. The predicted molar refractivity (Wildman–Crippen MR) is 92.3 cm³/mol. The molecule has 0 spiro atoms. The zero-order valence-corrected chi connectivity index (χ0v) is 15.9. The minimum atomic E-state index is -4.97. The lowest BCUT2D eigenvalue weighted by Crippen LogP contribution is -2.32. The molecular formula is C19H23F3O6. The maximum Gasteiger partial charge on any atom is 0.450 e. The van der Waals surface area contributed by atoms with E-state index in [-0.39, 0.29) is 32.7 Å². The summed E-state index contributed by atoms with van der Waals surface area (Å²) in [4.78, 5) is 23.5. The van der Waals surface area contributed by atoms with Crippen molar-refractivity contribution < 1.29 is 41.7 Å². The Morgan fingerprint density at radius 3 is 2.43 bits per heavy atom. The van der Waals surface area contributed by atoms with Crippen LogP contribution in [0.5, 0.6) is 17.2 Å². The van der Waals surface area contributed by atoms with E-state index in [9.17, 15) is 22.8 Å². The zero-order valence-electron chi connectivity index (χ0n) is 15.9. The third-order valence-corrected chi connectivity index (χ3v) is 3.85. The summed E-state index contributed by atoms with van der Waals surface area (Å²) in [5, 5.41) is 0. The van der Waals surface area contributed by atoms with Crippen molar-refractivity contribution in [1.82, 2.24) is 0 Å². The van der Waals surface area contributed by atoms with Gasteiger partial charge in [-0.1, -0.05) is 0 Å². The summed E-state index contributed by atoms with van der Waals surface area (Å²) in [6.45, 7) is 4.93. The summed E-state index contributed by atoms with van der Waals surface area (Å²) in [7, 11) is 0. The van der Waals surface area contributed by atoms with Crippen molar-refractivity contribution >= 4 is 11.8 Å². The van der Waals surface area contributed by atoms with Gasteiger partial charge in [0.2, 0.25) is 12.6 Å². The summed E-state index contributed by atoms with van der Waals surface area (Å²) in [6, 6.07) is 4.77. The fourth-order valence-corrected chi connectivity index (χ4v) is 2.61. The highest BCUT2D eigenvalue weighted by Crippen LogP contribution is 2.35. The van der Waals surface area contributed by atoms with E-state index in [0.717, 1.165) is 0 Å². The maximum atomic E-state index is 12.9. The minimum absolute atomic E-state index is 0.0889. The van der Waals surface area contributed by atoms with Gasteiger partial charge in [0.1, 0.15) is 11.4 Å². The quantitative estimate of drug-likeness (QED) is 0.609. The largest absolute Gasteiger partial charge is 0.493 e. The van der Waals surface area contributed by atoms with Gasteiger partial charge in [-0.15, -0.1) is 0 Å². The number of esters is 1. The number of fused-ring (bicyclic) bond motifs is 1. The Kier molecular flexibility index (Phi) is 6.79. The number of hydrogen-bond acceptors (Lipinski definition) is 6. The molecule has 1 unspecified atom stereocenters. The summed E-state index contributed by atoms with van der Waals surface area (Å²) >= 11 is 0. The van der Waals surface area contributed by atoms with Crippen LogP contribution < -0.4 is 14.2 Å².